The smallest absolute Gasteiger partial charge is 0.285 e. The zero-order valence-corrected chi connectivity index (χ0v) is 16.0. The van der Waals surface area contributed by atoms with E-state index in [9.17, 15) is 9.59 Å². The van der Waals surface area contributed by atoms with Crippen LogP contribution in [0.2, 0.25) is 10.0 Å². The molecule has 2 aromatic rings. The minimum Gasteiger partial charge on any atom is -0.339 e. The van der Waals surface area contributed by atoms with Gasteiger partial charge in [-0.3, -0.25) is 9.59 Å². The highest BCUT2D eigenvalue weighted by Crippen LogP contribution is 2.26. The lowest BCUT2D eigenvalue weighted by Gasteiger charge is -2.10. The van der Waals surface area contributed by atoms with Gasteiger partial charge < -0.3 is 10.2 Å². The molecular weight excluding hydrogens is 379 g/mol. The predicted octanol–water partition coefficient (Wildman–Crippen LogP) is 5.42. The third kappa shape index (κ3) is 5.81. The van der Waals surface area contributed by atoms with E-state index in [1.54, 1.807) is 62.6 Å². The summed E-state index contributed by atoms with van der Waals surface area (Å²) in [5.74, 6) is -0.322. The highest BCUT2D eigenvalue weighted by atomic mass is 35.5. The first-order valence-corrected chi connectivity index (χ1v) is 8.86. The molecule has 25 heavy (non-hydrogen) atoms. The molecule has 0 fully saturated rings. The van der Waals surface area contributed by atoms with Gasteiger partial charge in [-0.1, -0.05) is 35.3 Å². The van der Waals surface area contributed by atoms with Gasteiger partial charge in [0.2, 0.25) is 5.91 Å². The summed E-state index contributed by atoms with van der Waals surface area (Å²) in [5, 5.41) is 3.60. The van der Waals surface area contributed by atoms with Gasteiger partial charge in [0.25, 0.3) is 5.24 Å². The van der Waals surface area contributed by atoms with E-state index in [4.69, 9.17) is 23.2 Å². The van der Waals surface area contributed by atoms with E-state index in [1.165, 1.54) is 11.0 Å². The largest absolute Gasteiger partial charge is 0.339 e. The van der Waals surface area contributed by atoms with Crippen LogP contribution in [0.4, 0.5) is 10.5 Å². The number of carbonyl (C=O) groups excluding carboxylic acids is 2. The highest BCUT2D eigenvalue weighted by Gasteiger charge is 2.08. The van der Waals surface area contributed by atoms with Crippen molar-refractivity contribution in [3.8, 4) is 0 Å². The van der Waals surface area contributed by atoms with E-state index in [-0.39, 0.29) is 11.1 Å². The summed E-state index contributed by atoms with van der Waals surface area (Å²) in [7, 11) is 3.37. The van der Waals surface area contributed by atoms with Gasteiger partial charge in [0.1, 0.15) is 0 Å². The van der Waals surface area contributed by atoms with Crippen LogP contribution in [0.15, 0.2) is 53.4 Å². The lowest BCUT2D eigenvalue weighted by Crippen LogP contribution is -2.16. The fourth-order valence-corrected chi connectivity index (χ4v) is 3.08. The van der Waals surface area contributed by atoms with Crippen LogP contribution >= 0.6 is 35.0 Å². The molecule has 0 aliphatic rings. The molecule has 7 heteroatoms. The topological polar surface area (TPSA) is 49.4 Å². The molecule has 2 aromatic carbocycles. The summed E-state index contributed by atoms with van der Waals surface area (Å²) in [6, 6.07) is 12.2. The Morgan fingerprint density at radius 3 is 2.36 bits per heavy atom. The molecule has 0 radical (unpaired) electrons. The van der Waals surface area contributed by atoms with E-state index in [0.717, 1.165) is 16.7 Å². The molecule has 0 aliphatic carbocycles. The first kappa shape index (κ1) is 19.4. The molecule has 0 spiro atoms. The van der Waals surface area contributed by atoms with Crippen molar-refractivity contribution in [3.63, 3.8) is 0 Å². The lowest BCUT2D eigenvalue weighted by atomic mass is 10.2. The number of hydrogen-bond donors (Lipinski definition) is 1. The van der Waals surface area contributed by atoms with Gasteiger partial charge in [0, 0.05) is 46.4 Å². The van der Waals surface area contributed by atoms with Gasteiger partial charge in [0.05, 0.1) is 0 Å². The predicted molar refractivity (Wildman–Crippen MR) is 106 cm³/mol. The highest BCUT2D eigenvalue weighted by molar-refractivity contribution is 8.13. The molecule has 0 unspecified atom stereocenters. The number of amides is 2. The fourth-order valence-electron chi connectivity index (χ4n) is 1.84. The van der Waals surface area contributed by atoms with Crippen LogP contribution in [0.25, 0.3) is 6.08 Å². The molecule has 0 atom stereocenters. The second-order valence-electron chi connectivity index (χ2n) is 5.25. The van der Waals surface area contributed by atoms with Crippen molar-refractivity contribution in [1.82, 2.24) is 4.90 Å². The number of nitrogens with zero attached hydrogens (tertiary/aromatic N) is 1. The number of nitrogens with one attached hydrogen (secondary N) is 1. The SMILES string of the molecule is CN(C)C(=O)Sc1cccc(NC(=O)C=Cc2c(Cl)cccc2Cl)c1. The van der Waals surface area contributed by atoms with Gasteiger partial charge in [-0.05, 0) is 48.2 Å². The van der Waals surface area contributed by atoms with Crippen molar-refractivity contribution in [3.05, 3.63) is 64.1 Å². The van der Waals surface area contributed by atoms with Crippen molar-refractivity contribution < 1.29 is 9.59 Å². The zero-order chi connectivity index (χ0) is 18.4. The molecular formula is C18H16Cl2N2O2S. The van der Waals surface area contributed by atoms with Crippen molar-refractivity contribution in [2.75, 3.05) is 19.4 Å². The molecule has 0 heterocycles. The monoisotopic (exact) mass is 394 g/mol. The van der Waals surface area contributed by atoms with Gasteiger partial charge in [-0.2, -0.15) is 0 Å². The summed E-state index contributed by atoms with van der Waals surface area (Å²) in [5.41, 5.74) is 1.18. The summed E-state index contributed by atoms with van der Waals surface area (Å²) in [6.07, 6.45) is 2.92. The summed E-state index contributed by atoms with van der Waals surface area (Å²) >= 11 is 13.2. The van der Waals surface area contributed by atoms with Crippen molar-refractivity contribution in [1.29, 1.82) is 0 Å². The molecule has 130 valence electrons. The van der Waals surface area contributed by atoms with E-state index in [0.29, 0.717) is 21.3 Å². The third-order valence-electron chi connectivity index (χ3n) is 3.07. The minimum atomic E-state index is -0.322. The number of benzene rings is 2. The Bertz CT molecular complexity index is 802. The molecule has 1 N–H and O–H groups in total. The Morgan fingerprint density at radius 1 is 1.08 bits per heavy atom. The molecule has 4 nitrogen and oxygen atoms in total. The molecule has 0 aromatic heterocycles. The average Bonchev–Trinajstić information content (AvgIpc) is 2.54. The van der Waals surface area contributed by atoms with Gasteiger partial charge in [-0.15, -0.1) is 0 Å². The van der Waals surface area contributed by atoms with Crippen LogP contribution in [0.5, 0.6) is 0 Å². The van der Waals surface area contributed by atoms with Crippen molar-refractivity contribution in [2.24, 2.45) is 0 Å². The Hall–Kier alpha value is -1.95. The van der Waals surface area contributed by atoms with Crippen LogP contribution < -0.4 is 5.32 Å². The van der Waals surface area contributed by atoms with E-state index in [2.05, 4.69) is 5.32 Å². The second-order valence-corrected chi connectivity index (χ2v) is 7.09. The van der Waals surface area contributed by atoms with Crippen LogP contribution in [0, 0.1) is 0 Å². The summed E-state index contributed by atoms with van der Waals surface area (Å²) in [6.45, 7) is 0. The van der Waals surface area contributed by atoms with Crippen LogP contribution in [-0.4, -0.2) is 30.1 Å². The van der Waals surface area contributed by atoms with Crippen LogP contribution in [-0.2, 0) is 4.79 Å². The number of anilines is 1. The van der Waals surface area contributed by atoms with Crippen molar-refractivity contribution >= 4 is 57.9 Å². The van der Waals surface area contributed by atoms with E-state index < -0.39 is 0 Å². The summed E-state index contributed by atoms with van der Waals surface area (Å²) < 4.78 is 0. The maximum atomic E-state index is 12.1. The number of rotatable bonds is 4. The first-order valence-electron chi connectivity index (χ1n) is 7.29. The normalized spacial score (nSPS) is 10.7. The van der Waals surface area contributed by atoms with E-state index >= 15 is 0 Å². The fraction of sp³-hybridized carbons (Fsp3) is 0.111. The van der Waals surface area contributed by atoms with Gasteiger partial charge in [0.15, 0.2) is 0 Å². The van der Waals surface area contributed by atoms with Crippen molar-refractivity contribution in [2.45, 2.75) is 4.90 Å². The number of hydrogen-bond acceptors (Lipinski definition) is 3. The summed E-state index contributed by atoms with van der Waals surface area (Å²) in [4.78, 5) is 26.1. The number of thioether (sulfide) groups is 1. The Morgan fingerprint density at radius 2 is 1.72 bits per heavy atom. The number of halogens is 2. The lowest BCUT2D eigenvalue weighted by molar-refractivity contribution is -0.111. The Labute approximate surface area is 160 Å². The maximum absolute atomic E-state index is 12.1. The quantitative estimate of drug-likeness (QED) is 0.556. The van der Waals surface area contributed by atoms with Gasteiger partial charge >= 0.3 is 0 Å². The molecule has 0 saturated carbocycles. The third-order valence-corrected chi connectivity index (χ3v) is 4.76. The molecule has 2 amide bonds. The Kier molecular flexibility index (Phi) is 6.93. The maximum Gasteiger partial charge on any atom is 0.285 e. The van der Waals surface area contributed by atoms with Crippen LogP contribution in [0.3, 0.4) is 0 Å². The second kappa shape index (κ2) is 8.94. The molecule has 0 saturated heterocycles. The standard InChI is InChI=1S/C18H16Cl2N2O2S/c1-22(2)18(24)25-13-6-3-5-12(11-13)21-17(23)10-9-14-15(19)7-4-8-16(14)20/h3-11H,1-2H3,(H,21,23). The van der Waals surface area contributed by atoms with Crippen LogP contribution in [0.1, 0.15) is 5.56 Å². The first-order chi connectivity index (χ1) is 11.9. The zero-order valence-electron chi connectivity index (χ0n) is 13.6. The van der Waals surface area contributed by atoms with E-state index in [1.807, 2.05) is 0 Å². The average molecular weight is 395 g/mol. The molecule has 0 aliphatic heterocycles. The minimum absolute atomic E-state index is 0.0864. The Balaban J connectivity index is 2.06. The van der Waals surface area contributed by atoms with Gasteiger partial charge in [-0.25, -0.2) is 0 Å². The number of carbonyl (C=O) groups is 2. The molecule has 0 bridgehead atoms. The molecule has 2 rings (SSSR count).